The third-order valence-corrected chi connectivity index (χ3v) is 15.5. The molecule has 10 unspecified atom stereocenters. The molecule has 4 aliphatic rings. The van der Waals surface area contributed by atoms with Crippen LogP contribution in [0.15, 0.2) is 24.3 Å². The van der Waals surface area contributed by atoms with E-state index in [1.807, 2.05) is 0 Å². The molecule has 0 spiro atoms. The summed E-state index contributed by atoms with van der Waals surface area (Å²) in [4.78, 5) is 0. The Morgan fingerprint density at radius 2 is 1.26 bits per heavy atom. The number of aryl methyl sites for hydroxylation is 1. The number of benzene rings is 1. The largest absolute Gasteiger partial charge is 0.114 e. The van der Waals surface area contributed by atoms with Crippen LogP contribution in [0.4, 0.5) is 0 Å². The van der Waals surface area contributed by atoms with Gasteiger partial charge in [-0.3, -0.25) is 0 Å². The molecule has 1 aromatic rings. The summed E-state index contributed by atoms with van der Waals surface area (Å²) in [6.45, 7) is 12.9. The molecule has 0 N–H and O–H groups in total. The van der Waals surface area contributed by atoms with Crippen molar-refractivity contribution in [3.63, 3.8) is 0 Å². The van der Waals surface area contributed by atoms with Crippen LogP contribution in [0.3, 0.4) is 0 Å². The van der Waals surface area contributed by atoms with Gasteiger partial charge >= 0.3 is 0 Å². The van der Waals surface area contributed by atoms with Crippen LogP contribution in [0.2, 0.25) is 0 Å². The summed E-state index contributed by atoms with van der Waals surface area (Å²) < 4.78 is 0. The molecule has 0 aromatic heterocycles. The Kier molecular flexibility index (Phi) is 7.55. The van der Waals surface area contributed by atoms with Crippen molar-refractivity contribution < 1.29 is 20.4 Å². The predicted molar refractivity (Wildman–Crippen MR) is 137 cm³/mol. The van der Waals surface area contributed by atoms with Gasteiger partial charge < -0.3 is 0 Å². The normalized spacial score (nSPS) is 47.0. The fourth-order valence-electron chi connectivity index (χ4n) is 8.35. The quantitative estimate of drug-likeness (QED) is 0.264. The van der Waals surface area contributed by atoms with Crippen LogP contribution in [0, 0.1) is 42.4 Å². The minimum absolute atomic E-state index is 0. The van der Waals surface area contributed by atoms with Crippen LogP contribution < -0.4 is 0 Å². The van der Waals surface area contributed by atoms with Crippen molar-refractivity contribution in [1.29, 1.82) is 0 Å². The van der Waals surface area contributed by atoms with Crippen molar-refractivity contribution in [2.24, 2.45) is 35.5 Å². The molecule has 4 bridgehead atoms. The molecule has 2 saturated carbocycles. The first-order valence-corrected chi connectivity index (χ1v) is 15.3. The van der Waals surface area contributed by atoms with Gasteiger partial charge in [-0.1, -0.05) is 52.0 Å². The molecular weight excluding hydrogens is 505 g/mol. The Balaban J connectivity index is 0.00000231. The van der Waals surface area contributed by atoms with Crippen molar-refractivity contribution in [3.05, 3.63) is 35.4 Å². The number of fused-ring (bicyclic) bond motifs is 4. The van der Waals surface area contributed by atoms with Crippen molar-refractivity contribution in [1.82, 2.24) is 0 Å². The van der Waals surface area contributed by atoms with Crippen LogP contribution in [-0.4, -0.2) is 22.6 Å². The summed E-state index contributed by atoms with van der Waals surface area (Å²) in [6, 6.07) is 9.64. The predicted octanol–water partition coefficient (Wildman–Crippen LogP) is 8.08. The van der Waals surface area contributed by atoms with Crippen molar-refractivity contribution >= 4 is 17.2 Å². The van der Waals surface area contributed by atoms with E-state index in [9.17, 15) is 0 Å². The van der Waals surface area contributed by atoms with E-state index in [0.29, 0.717) is 10.3 Å². The minimum Gasteiger partial charge on any atom is -0.114 e. The average molecular weight is 549 g/mol. The van der Waals surface area contributed by atoms with Gasteiger partial charge in [0, 0.05) is 26.3 Å². The molecule has 2 heterocycles. The van der Waals surface area contributed by atoms with Gasteiger partial charge in [0.05, 0.1) is 0 Å². The number of hydrogen-bond donors (Lipinski definition) is 0. The molecular formula is C28H44P2Pd. The van der Waals surface area contributed by atoms with Crippen LogP contribution in [0.25, 0.3) is 0 Å². The third-order valence-electron chi connectivity index (χ3n) is 10.5. The fraction of sp³-hybridized carbons (Fsp3) is 0.786. The smallest absolute Gasteiger partial charge is 0.00331 e. The van der Waals surface area contributed by atoms with Gasteiger partial charge in [-0.05, 0) is 115 Å². The summed E-state index contributed by atoms with van der Waals surface area (Å²) in [5.41, 5.74) is 3.35. The molecule has 31 heavy (non-hydrogen) atoms. The number of hydrogen-bond acceptors (Lipinski definition) is 0. The second kappa shape index (κ2) is 9.42. The molecule has 10 atom stereocenters. The fourth-order valence-corrected chi connectivity index (χ4v) is 13.6. The van der Waals surface area contributed by atoms with Gasteiger partial charge in [0.15, 0.2) is 0 Å². The third kappa shape index (κ3) is 3.99. The van der Waals surface area contributed by atoms with Crippen molar-refractivity contribution in [2.45, 2.75) is 89.4 Å². The first-order valence-electron chi connectivity index (χ1n) is 12.9. The van der Waals surface area contributed by atoms with E-state index in [0.717, 1.165) is 41.4 Å². The van der Waals surface area contributed by atoms with E-state index >= 15 is 0 Å². The van der Waals surface area contributed by atoms with Gasteiger partial charge in [0.2, 0.25) is 0 Å². The van der Waals surface area contributed by atoms with Crippen LogP contribution >= 0.6 is 17.2 Å². The molecule has 0 amide bonds. The monoisotopic (exact) mass is 548 g/mol. The van der Waals surface area contributed by atoms with E-state index in [1.54, 1.807) is 11.1 Å². The Bertz CT molecular complexity index is 738. The average Bonchev–Trinajstić information content (AvgIpc) is 2.74. The molecule has 0 radical (unpaired) electrons. The Hall–Kier alpha value is 0.742. The summed E-state index contributed by atoms with van der Waals surface area (Å²) >= 11 is 0. The molecule has 5 rings (SSSR count). The topological polar surface area (TPSA) is 0 Å². The maximum Gasteiger partial charge on any atom is 0.00331 e. The van der Waals surface area contributed by atoms with Crippen LogP contribution in [-0.2, 0) is 20.4 Å². The maximum absolute atomic E-state index is 2.67. The standard InChI is InChI=1S/C28H44P2.Pd/c1-18-8-6-7-9-25(18)26(27-14-23(12-10-21(27)4)19(2)16-29-27)28-15-24(13-11-22(28)5)20(3)17-30-28;/h6-9,19-24,26,29-30H,10-17H2,1-5H3;. The van der Waals surface area contributed by atoms with Crippen molar-refractivity contribution in [3.8, 4) is 0 Å². The second-order valence-electron chi connectivity index (χ2n) is 12.0. The first-order chi connectivity index (χ1) is 14.4. The Labute approximate surface area is 209 Å². The van der Waals surface area contributed by atoms with Crippen LogP contribution in [0.1, 0.15) is 83.3 Å². The zero-order valence-electron chi connectivity index (χ0n) is 20.3. The van der Waals surface area contributed by atoms with E-state index < -0.39 is 0 Å². The molecule has 2 aliphatic heterocycles. The van der Waals surface area contributed by atoms with Crippen molar-refractivity contribution in [2.75, 3.05) is 12.3 Å². The van der Waals surface area contributed by atoms with E-state index in [1.165, 1.54) is 68.0 Å². The summed E-state index contributed by atoms with van der Waals surface area (Å²) in [5.74, 6) is 6.51. The molecule has 176 valence electrons. The molecule has 3 heteroatoms. The Morgan fingerprint density at radius 1 is 0.774 bits per heavy atom. The van der Waals surface area contributed by atoms with Gasteiger partial charge in [0.1, 0.15) is 0 Å². The molecule has 1 aromatic carbocycles. The Morgan fingerprint density at radius 3 is 1.74 bits per heavy atom. The molecule has 2 aliphatic carbocycles. The van der Waals surface area contributed by atoms with E-state index in [2.05, 4.69) is 58.9 Å². The molecule has 2 saturated heterocycles. The van der Waals surface area contributed by atoms with Gasteiger partial charge in [-0.15, -0.1) is 17.2 Å². The maximum atomic E-state index is 2.67. The summed E-state index contributed by atoms with van der Waals surface area (Å²) in [7, 11) is 2.35. The first kappa shape index (κ1) is 24.9. The van der Waals surface area contributed by atoms with Crippen LogP contribution in [0.5, 0.6) is 0 Å². The SMILES string of the molecule is Cc1ccccc1C(C12CC(CCC1C)C(C)CP2)C12CC(CCC1C)C(C)CP2.[Pd]. The number of rotatable bonds is 3. The molecule has 0 nitrogen and oxygen atoms in total. The van der Waals surface area contributed by atoms with Gasteiger partial charge in [0.25, 0.3) is 0 Å². The molecule has 4 fully saturated rings. The summed E-state index contributed by atoms with van der Waals surface area (Å²) in [6.07, 6.45) is 12.0. The minimum atomic E-state index is 0. The van der Waals surface area contributed by atoms with E-state index in [4.69, 9.17) is 0 Å². The summed E-state index contributed by atoms with van der Waals surface area (Å²) in [5, 5.41) is 1.15. The zero-order chi connectivity index (χ0) is 21.1. The second-order valence-corrected chi connectivity index (χ2v) is 15.4. The van der Waals surface area contributed by atoms with Gasteiger partial charge in [-0.2, -0.15) is 0 Å². The zero-order valence-corrected chi connectivity index (χ0v) is 23.9. The van der Waals surface area contributed by atoms with Gasteiger partial charge in [-0.25, -0.2) is 0 Å². The van der Waals surface area contributed by atoms with E-state index in [-0.39, 0.29) is 20.4 Å².